The molecule has 2 aliphatic rings. The first-order valence-electron chi connectivity index (χ1n) is 7.34. The Morgan fingerprint density at radius 2 is 1.79 bits per heavy atom. The lowest BCUT2D eigenvalue weighted by atomic mass is 9.83. The van der Waals surface area contributed by atoms with Crippen LogP contribution in [-0.2, 0) is 0 Å². The number of hydrogen-bond acceptors (Lipinski definition) is 1. The molecule has 3 atom stereocenters. The molecule has 1 heteroatoms. The molecular formula is C18H18O. The summed E-state index contributed by atoms with van der Waals surface area (Å²) >= 11 is 0. The summed E-state index contributed by atoms with van der Waals surface area (Å²) in [4.78, 5) is 12.7. The monoisotopic (exact) mass is 250 g/mol. The number of Topliss-reactive ketones (excluding diaryl/α,β-unsaturated/α-hetero) is 1. The van der Waals surface area contributed by atoms with Gasteiger partial charge in [0.15, 0.2) is 5.78 Å². The number of carbonyl (C=O) groups is 1. The second kappa shape index (κ2) is 4.19. The van der Waals surface area contributed by atoms with E-state index < -0.39 is 0 Å². The van der Waals surface area contributed by atoms with Gasteiger partial charge in [-0.25, -0.2) is 0 Å². The maximum absolute atomic E-state index is 12.7. The Hall–Kier alpha value is -1.63. The number of fused-ring (bicyclic) bond motifs is 3. The summed E-state index contributed by atoms with van der Waals surface area (Å²) in [5.41, 5.74) is 0.913. The number of rotatable bonds is 2. The van der Waals surface area contributed by atoms with E-state index in [1.807, 2.05) is 18.2 Å². The molecule has 0 spiro atoms. The van der Waals surface area contributed by atoms with Crippen molar-refractivity contribution >= 4 is 16.6 Å². The first kappa shape index (κ1) is 11.2. The van der Waals surface area contributed by atoms with Crippen molar-refractivity contribution in [3.05, 3.63) is 48.0 Å². The van der Waals surface area contributed by atoms with Gasteiger partial charge in [-0.3, -0.25) is 4.79 Å². The molecule has 4 rings (SSSR count). The summed E-state index contributed by atoms with van der Waals surface area (Å²) in [5, 5.41) is 2.39. The van der Waals surface area contributed by atoms with E-state index in [2.05, 4.69) is 24.3 Å². The molecule has 0 amide bonds. The van der Waals surface area contributed by atoms with E-state index in [9.17, 15) is 4.79 Å². The van der Waals surface area contributed by atoms with Gasteiger partial charge in [-0.2, -0.15) is 0 Å². The zero-order valence-electron chi connectivity index (χ0n) is 11.0. The highest BCUT2D eigenvalue weighted by molar-refractivity contribution is 6.01. The van der Waals surface area contributed by atoms with Crippen molar-refractivity contribution in [2.75, 3.05) is 0 Å². The number of hydrogen-bond donors (Lipinski definition) is 0. The molecule has 0 N–H and O–H groups in total. The first-order chi connectivity index (χ1) is 9.31. The normalized spacial score (nSPS) is 28.9. The van der Waals surface area contributed by atoms with Crippen LogP contribution in [0.3, 0.4) is 0 Å². The molecule has 19 heavy (non-hydrogen) atoms. The highest BCUT2D eigenvalue weighted by Crippen LogP contribution is 2.49. The van der Waals surface area contributed by atoms with Crippen molar-refractivity contribution in [3.8, 4) is 0 Å². The predicted octanol–water partition coefficient (Wildman–Crippen LogP) is 4.46. The summed E-state index contributed by atoms with van der Waals surface area (Å²) < 4.78 is 0. The van der Waals surface area contributed by atoms with E-state index in [-0.39, 0.29) is 0 Å². The van der Waals surface area contributed by atoms with Crippen LogP contribution >= 0.6 is 0 Å². The van der Waals surface area contributed by atoms with Gasteiger partial charge in [-0.1, -0.05) is 42.8 Å². The molecular weight excluding hydrogens is 232 g/mol. The van der Waals surface area contributed by atoms with Crippen LogP contribution in [0.1, 0.15) is 36.0 Å². The summed E-state index contributed by atoms with van der Waals surface area (Å²) in [6.45, 7) is 0. The van der Waals surface area contributed by atoms with E-state index in [0.717, 1.165) is 17.9 Å². The molecule has 0 radical (unpaired) electrons. The van der Waals surface area contributed by atoms with Gasteiger partial charge in [0.25, 0.3) is 0 Å². The third-order valence-electron chi connectivity index (χ3n) is 5.11. The van der Waals surface area contributed by atoms with Crippen LogP contribution in [0.2, 0.25) is 0 Å². The fraction of sp³-hybridized carbons (Fsp3) is 0.389. The summed E-state index contributed by atoms with van der Waals surface area (Å²) in [6, 6.07) is 14.4. The van der Waals surface area contributed by atoms with Crippen LogP contribution in [0.4, 0.5) is 0 Å². The second-order valence-corrected chi connectivity index (χ2v) is 6.21. The lowest BCUT2D eigenvalue weighted by molar-refractivity contribution is 0.0875. The summed E-state index contributed by atoms with van der Waals surface area (Å²) in [6.07, 6.45) is 5.06. The molecule has 0 aliphatic heterocycles. The topological polar surface area (TPSA) is 17.1 Å². The molecule has 1 nitrogen and oxygen atoms in total. The van der Waals surface area contributed by atoms with Gasteiger partial charge in [-0.05, 0) is 47.9 Å². The molecule has 2 saturated carbocycles. The van der Waals surface area contributed by atoms with E-state index in [0.29, 0.717) is 17.6 Å². The Labute approximate surface area is 113 Å². The van der Waals surface area contributed by atoms with Gasteiger partial charge in [-0.15, -0.1) is 0 Å². The average Bonchev–Trinajstić information content (AvgIpc) is 3.08. The summed E-state index contributed by atoms with van der Waals surface area (Å²) in [7, 11) is 0. The Balaban J connectivity index is 1.68. The number of carbonyl (C=O) groups excluding carboxylic acids is 1. The van der Waals surface area contributed by atoms with E-state index in [4.69, 9.17) is 0 Å². The van der Waals surface area contributed by atoms with Gasteiger partial charge in [0.05, 0.1) is 0 Å². The molecule has 2 fully saturated rings. The van der Waals surface area contributed by atoms with E-state index in [1.165, 1.54) is 30.0 Å². The maximum atomic E-state index is 12.7. The third kappa shape index (κ3) is 1.80. The van der Waals surface area contributed by atoms with Crippen molar-refractivity contribution in [2.24, 2.45) is 17.8 Å². The standard InChI is InChI=1S/C18H18O/c19-18(17-10-12-5-6-15(17)9-12)16-8-7-13-3-1-2-4-14(13)11-16/h1-4,7-8,11-12,15,17H,5-6,9-10H2. The van der Waals surface area contributed by atoms with Crippen LogP contribution in [0.15, 0.2) is 42.5 Å². The van der Waals surface area contributed by atoms with E-state index in [1.54, 1.807) is 0 Å². The molecule has 2 aromatic rings. The smallest absolute Gasteiger partial charge is 0.166 e. The molecule has 2 aliphatic carbocycles. The summed E-state index contributed by atoms with van der Waals surface area (Å²) in [5.74, 6) is 2.20. The Bertz CT molecular complexity index is 643. The molecule has 2 bridgehead atoms. The van der Waals surface area contributed by atoms with Crippen LogP contribution in [0.5, 0.6) is 0 Å². The van der Waals surface area contributed by atoms with Crippen molar-refractivity contribution in [1.29, 1.82) is 0 Å². The Morgan fingerprint density at radius 1 is 0.947 bits per heavy atom. The zero-order chi connectivity index (χ0) is 12.8. The first-order valence-corrected chi connectivity index (χ1v) is 7.34. The highest BCUT2D eigenvalue weighted by Gasteiger charge is 2.43. The lowest BCUT2D eigenvalue weighted by Crippen LogP contribution is -2.20. The van der Waals surface area contributed by atoms with Gasteiger partial charge < -0.3 is 0 Å². The number of benzene rings is 2. The molecule has 0 heterocycles. The second-order valence-electron chi connectivity index (χ2n) is 6.21. The van der Waals surface area contributed by atoms with E-state index >= 15 is 0 Å². The number of ketones is 1. The highest BCUT2D eigenvalue weighted by atomic mass is 16.1. The molecule has 96 valence electrons. The Morgan fingerprint density at radius 3 is 2.53 bits per heavy atom. The minimum atomic E-state index is 0.305. The van der Waals surface area contributed by atoms with Gasteiger partial charge in [0, 0.05) is 11.5 Å². The minimum absolute atomic E-state index is 0.305. The SMILES string of the molecule is O=C(c1ccc2ccccc2c1)C1CC2CCC1C2. The average molecular weight is 250 g/mol. The minimum Gasteiger partial charge on any atom is -0.294 e. The van der Waals surface area contributed by atoms with Crippen molar-refractivity contribution in [2.45, 2.75) is 25.7 Å². The van der Waals surface area contributed by atoms with Crippen molar-refractivity contribution in [1.82, 2.24) is 0 Å². The molecule has 3 unspecified atom stereocenters. The lowest BCUT2D eigenvalue weighted by Gasteiger charge is -2.20. The fourth-order valence-corrected chi connectivity index (χ4v) is 4.12. The van der Waals surface area contributed by atoms with Crippen LogP contribution in [0.25, 0.3) is 10.8 Å². The Kier molecular flexibility index (Phi) is 2.48. The third-order valence-corrected chi connectivity index (χ3v) is 5.11. The van der Waals surface area contributed by atoms with Gasteiger partial charge in [0.1, 0.15) is 0 Å². The van der Waals surface area contributed by atoms with Crippen molar-refractivity contribution in [3.63, 3.8) is 0 Å². The van der Waals surface area contributed by atoms with Crippen molar-refractivity contribution < 1.29 is 4.79 Å². The van der Waals surface area contributed by atoms with Gasteiger partial charge in [0.2, 0.25) is 0 Å². The molecule has 0 saturated heterocycles. The van der Waals surface area contributed by atoms with Crippen LogP contribution < -0.4 is 0 Å². The predicted molar refractivity (Wildman–Crippen MR) is 77.2 cm³/mol. The van der Waals surface area contributed by atoms with Crippen LogP contribution in [0, 0.1) is 17.8 Å². The van der Waals surface area contributed by atoms with Gasteiger partial charge >= 0.3 is 0 Å². The molecule has 2 aromatic carbocycles. The fourth-order valence-electron chi connectivity index (χ4n) is 4.12. The quantitative estimate of drug-likeness (QED) is 0.719. The zero-order valence-corrected chi connectivity index (χ0v) is 11.0. The van der Waals surface area contributed by atoms with Crippen LogP contribution in [-0.4, -0.2) is 5.78 Å². The largest absolute Gasteiger partial charge is 0.294 e. The molecule has 0 aromatic heterocycles. The maximum Gasteiger partial charge on any atom is 0.166 e.